The van der Waals surface area contributed by atoms with Gasteiger partial charge in [0.2, 0.25) is 0 Å². The van der Waals surface area contributed by atoms with Crippen LogP contribution in [0.4, 0.5) is 0 Å². The molecule has 0 heterocycles. The minimum absolute atomic E-state index is 0.118. The molecule has 0 aliphatic rings. The van der Waals surface area contributed by atoms with Crippen LogP contribution in [0.5, 0.6) is 11.5 Å². The van der Waals surface area contributed by atoms with Gasteiger partial charge in [-0.25, -0.2) is 0 Å². The van der Waals surface area contributed by atoms with Crippen LogP contribution < -0.4 is 4.74 Å². The first-order valence-corrected chi connectivity index (χ1v) is 4.88. The average molecular weight is 294 g/mol. The highest BCUT2D eigenvalue weighted by atomic mass is 127. The smallest absolute Gasteiger partial charge is 0.171 e. The van der Waals surface area contributed by atoms with E-state index < -0.39 is 6.10 Å². The van der Waals surface area contributed by atoms with Crippen LogP contribution in [-0.2, 0) is 0 Å². The number of benzene rings is 1. The molecule has 1 aromatic carbocycles. The van der Waals surface area contributed by atoms with E-state index in [-0.39, 0.29) is 5.75 Å². The van der Waals surface area contributed by atoms with Crippen molar-refractivity contribution in [1.82, 2.24) is 0 Å². The van der Waals surface area contributed by atoms with E-state index in [0.29, 0.717) is 9.32 Å². The SMILES string of the molecule is COc1cc(C(C)O)cc(I)c1O. The van der Waals surface area contributed by atoms with Gasteiger partial charge >= 0.3 is 0 Å². The number of aliphatic hydroxyl groups is 1. The second-order valence-corrected chi connectivity index (χ2v) is 3.89. The van der Waals surface area contributed by atoms with Crippen molar-refractivity contribution in [1.29, 1.82) is 0 Å². The Morgan fingerprint density at radius 2 is 2.08 bits per heavy atom. The fourth-order valence-electron chi connectivity index (χ4n) is 0.991. The molecule has 0 saturated carbocycles. The third-order valence-electron chi connectivity index (χ3n) is 1.75. The van der Waals surface area contributed by atoms with Gasteiger partial charge in [-0.3, -0.25) is 0 Å². The Labute approximate surface area is 90.5 Å². The number of phenolic OH excluding ortho intramolecular Hbond substituents is 1. The summed E-state index contributed by atoms with van der Waals surface area (Å²) in [6.07, 6.45) is -0.553. The van der Waals surface area contributed by atoms with E-state index in [1.165, 1.54) is 7.11 Å². The average Bonchev–Trinajstić information content (AvgIpc) is 2.09. The van der Waals surface area contributed by atoms with Crippen molar-refractivity contribution in [2.24, 2.45) is 0 Å². The molecule has 1 unspecified atom stereocenters. The quantitative estimate of drug-likeness (QED) is 0.821. The zero-order chi connectivity index (χ0) is 10.0. The predicted octanol–water partition coefficient (Wildman–Crippen LogP) is 2.06. The topological polar surface area (TPSA) is 49.7 Å². The number of rotatable bonds is 2. The Bertz CT molecular complexity index is 310. The van der Waals surface area contributed by atoms with Gasteiger partial charge in [0.15, 0.2) is 11.5 Å². The van der Waals surface area contributed by atoms with E-state index >= 15 is 0 Å². The Hall–Kier alpha value is -0.490. The Balaban J connectivity index is 3.22. The molecule has 2 N–H and O–H groups in total. The summed E-state index contributed by atoms with van der Waals surface area (Å²) in [5.41, 5.74) is 0.735. The normalized spacial score (nSPS) is 12.6. The highest BCUT2D eigenvalue weighted by Crippen LogP contribution is 2.34. The number of phenols is 1. The van der Waals surface area contributed by atoms with E-state index in [0.717, 1.165) is 5.56 Å². The minimum Gasteiger partial charge on any atom is -0.504 e. The van der Waals surface area contributed by atoms with Crippen molar-refractivity contribution >= 4 is 22.6 Å². The number of aromatic hydroxyl groups is 1. The maximum atomic E-state index is 9.49. The van der Waals surface area contributed by atoms with Gasteiger partial charge < -0.3 is 14.9 Å². The Morgan fingerprint density at radius 1 is 1.46 bits per heavy atom. The fraction of sp³-hybridized carbons (Fsp3) is 0.333. The van der Waals surface area contributed by atoms with E-state index in [1.54, 1.807) is 19.1 Å². The number of hydrogen-bond donors (Lipinski definition) is 2. The van der Waals surface area contributed by atoms with Crippen molar-refractivity contribution in [3.05, 3.63) is 21.3 Å². The van der Waals surface area contributed by atoms with Gasteiger partial charge in [0.25, 0.3) is 0 Å². The molecule has 0 aliphatic carbocycles. The molecular weight excluding hydrogens is 283 g/mol. The number of hydrogen-bond acceptors (Lipinski definition) is 3. The van der Waals surface area contributed by atoms with E-state index in [1.807, 2.05) is 22.6 Å². The summed E-state index contributed by atoms with van der Waals surface area (Å²) in [4.78, 5) is 0. The molecule has 0 spiro atoms. The lowest BCUT2D eigenvalue weighted by Gasteiger charge is -2.10. The molecule has 0 amide bonds. The second kappa shape index (κ2) is 4.15. The largest absolute Gasteiger partial charge is 0.504 e. The molecule has 1 aromatic rings. The Morgan fingerprint density at radius 3 is 2.54 bits per heavy atom. The summed E-state index contributed by atoms with van der Waals surface area (Å²) >= 11 is 1.99. The van der Waals surface area contributed by atoms with Crippen molar-refractivity contribution in [2.45, 2.75) is 13.0 Å². The van der Waals surface area contributed by atoms with Crippen LogP contribution in [0.1, 0.15) is 18.6 Å². The monoisotopic (exact) mass is 294 g/mol. The standard InChI is InChI=1S/C9H11IO3/c1-5(11)6-3-7(10)9(12)8(4-6)13-2/h3-5,11-12H,1-2H3. The van der Waals surface area contributed by atoms with E-state index in [4.69, 9.17) is 4.74 Å². The first kappa shape index (κ1) is 10.6. The minimum atomic E-state index is -0.553. The molecule has 0 bridgehead atoms. The van der Waals surface area contributed by atoms with Gasteiger partial charge in [-0.2, -0.15) is 0 Å². The first-order chi connectivity index (χ1) is 6.06. The van der Waals surface area contributed by atoms with Gasteiger partial charge in [-0.1, -0.05) is 0 Å². The molecule has 3 nitrogen and oxygen atoms in total. The maximum absolute atomic E-state index is 9.49. The molecule has 1 atom stereocenters. The van der Waals surface area contributed by atoms with Gasteiger partial charge in [-0.05, 0) is 47.2 Å². The lowest BCUT2D eigenvalue weighted by molar-refractivity contribution is 0.198. The number of ether oxygens (including phenoxy) is 1. The fourth-order valence-corrected chi connectivity index (χ4v) is 1.62. The highest BCUT2D eigenvalue weighted by Gasteiger charge is 2.10. The van der Waals surface area contributed by atoms with Crippen LogP contribution in [0.25, 0.3) is 0 Å². The number of aliphatic hydroxyl groups excluding tert-OH is 1. The summed E-state index contributed by atoms with van der Waals surface area (Å²) in [6, 6.07) is 3.35. The lowest BCUT2D eigenvalue weighted by Crippen LogP contribution is -1.94. The molecule has 4 heteroatoms. The molecular formula is C9H11IO3. The third-order valence-corrected chi connectivity index (χ3v) is 2.58. The van der Waals surface area contributed by atoms with Crippen LogP contribution in [0, 0.1) is 3.57 Å². The van der Waals surface area contributed by atoms with Crippen molar-refractivity contribution in [2.75, 3.05) is 7.11 Å². The molecule has 0 saturated heterocycles. The highest BCUT2D eigenvalue weighted by molar-refractivity contribution is 14.1. The van der Waals surface area contributed by atoms with Crippen LogP contribution in [0.2, 0.25) is 0 Å². The maximum Gasteiger partial charge on any atom is 0.171 e. The molecule has 0 aromatic heterocycles. The second-order valence-electron chi connectivity index (χ2n) is 2.73. The van der Waals surface area contributed by atoms with Gasteiger partial charge in [0.1, 0.15) is 0 Å². The van der Waals surface area contributed by atoms with E-state index in [9.17, 15) is 10.2 Å². The van der Waals surface area contributed by atoms with Gasteiger partial charge in [0.05, 0.1) is 16.8 Å². The summed E-state index contributed by atoms with van der Waals surface area (Å²) in [5, 5.41) is 18.8. The van der Waals surface area contributed by atoms with Gasteiger partial charge in [0, 0.05) is 0 Å². The zero-order valence-corrected chi connectivity index (χ0v) is 9.57. The molecule has 1 rings (SSSR count). The van der Waals surface area contributed by atoms with Crippen LogP contribution in [0.15, 0.2) is 12.1 Å². The molecule has 0 fully saturated rings. The summed E-state index contributed by atoms with van der Waals surface area (Å²) < 4.78 is 5.62. The summed E-state index contributed by atoms with van der Waals surface area (Å²) in [6.45, 7) is 1.67. The van der Waals surface area contributed by atoms with E-state index in [2.05, 4.69) is 0 Å². The van der Waals surface area contributed by atoms with Crippen LogP contribution in [-0.4, -0.2) is 17.3 Å². The summed E-state index contributed by atoms with van der Waals surface area (Å²) in [7, 11) is 1.48. The molecule has 0 aliphatic heterocycles. The van der Waals surface area contributed by atoms with Crippen LogP contribution in [0.3, 0.4) is 0 Å². The number of halogens is 1. The third kappa shape index (κ3) is 2.25. The van der Waals surface area contributed by atoms with Gasteiger partial charge in [-0.15, -0.1) is 0 Å². The molecule has 13 heavy (non-hydrogen) atoms. The van der Waals surface area contributed by atoms with Crippen molar-refractivity contribution < 1.29 is 14.9 Å². The Kier molecular flexibility index (Phi) is 3.38. The molecule has 72 valence electrons. The first-order valence-electron chi connectivity index (χ1n) is 3.80. The number of methoxy groups -OCH3 is 1. The van der Waals surface area contributed by atoms with Crippen molar-refractivity contribution in [3.8, 4) is 11.5 Å². The zero-order valence-electron chi connectivity index (χ0n) is 7.41. The summed E-state index contributed by atoms with van der Waals surface area (Å²) in [5.74, 6) is 0.510. The van der Waals surface area contributed by atoms with Crippen molar-refractivity contribution in [3.63, 3.8) is 0 Å². The lowest BCUT2D eigenvalue weighted by atomic mass is 10.1. The molecule has 0 radical (unpaired) electrons. The predicted molar refractivity (Wildman–Crippen MR) is 58.0 cm³/mol. The van der Waals surface area contributed by atoms with Crippen LogP contribution >= 0.6 is 22.6 Å².